The van der Waals surface area contributed by atoms with Gasteiger partial charge in [-0.3, -0.25) is 0 Å². The van der Waals surface area contributed by atoms with E-state index in [0.717, 1.165) is 16.9 Å². The summed E-state index contributed by atoms with van der Waals surface area (Å²) in [7, 11) is 0. The number of nitrogens with zero attached hydrogens (tertiary/aromatic N) is 1. The molecule has 0 bridgehead atoms. The van der Waals surface area contributed by atoms with E-state index in [2.05, 4.69) is 0 Å². The fourth-order valence-electron chi connectivity index (χ4n) is 2.49. The lowest BCUT2D eigenvalue weighted by Gasteiger charge is -2.13. The molecule has 1 heterocycles. The standard InChI is InChI=1S/C19H17NO2/c1-2-22-19(21)18-14-13-17(15-9-5-3-6-10-15)20(18)16-11-7-4-8-12-16/h3-14H,2H2,1H3. The van der Waals surface area contributed by atoms with Crippen LogP contribution in [0, 0.1) is 0 Å². The van der Waals surface area contributed by atoms with E-state index in [4.69, 9.17) is 4.74 Å². The minimum Gasteiger partial charge on any atom is -0.461 e. The van der Waals surface area contributed by atoms with Crippen LogP contribution >= 0.6 is 0 Å². The number of carbonyl (C=O) groups excluding carboxylic acids is 1. The van der Waals surface area contributed by atoms with Gasteiger partial charge in [-0.15, -0.1) is 0 Å². The van der Waals surface area contributed by atoms with Crippen molar-refractivity contribution in [1.82, 2.24) is 4.57 Å². The SMILES string of the molecule is CCOC(=O)c1ccc(-c2ccccc2)n1-c1ccccc1. The van der Waals surface area contributed by atoms with Crippen LogP contribution in [0.2, 0.25) is 0 Å². The molecule has 110 valence electrons. The highest BCUT2D eigenvalue weighted by molar-refractivity contribution is 5.90. The average Bonchev–Trinajstić information content (AvgIpc) is 3.02. The van der Waals surface area contributed by atoms with Gasteiger partial charge >= 0.3 is 5.97 Å². The van der Waals surface area contributed by atoms with Crippen molar-refractivity contribution in [2.24, 2.45) is 0 Å². The van der Waals surface area contributed by atoms with E-state index in [1.54, 1.807) is 0 Å². The predicted octanol–water partition coefficient (Wildman–Crippen LogP) is 4.32. The molecule has 3 nitrogen and oxygen atoms in total. The Morgan fingerprint density at radius 1 is 0.909 bits per heavy atom. The largest absolute Gasteiger partial charge is 0.461 e. The second-order valence-electron chi connectivity index (χ2n) is 4.86. The Hall–Kier alpha value is -2.81. The van der Waals surface area contributed by atoms with Crippen LogP contribution in [0.3, 0.4) is 0 Å². The molecule has 0 unspecified atom stereocenters. The molecule has 0 aliphatic heterocycles. The van der Waals surface area contributed by atoms with Gasteiger partial charge < -0.3 is 9.30 Å². The topological polar surface area (TPSA) is 31.2 Å². The van der Waals surface area contributed by atoms with Gasteiger partial charge in [-0.05, 0) is 36.8 Å². The highest BCUT2D eigenvalue weighted by Gasteiger charge is 2.18. The fourth-order valence-corrected chi connectivity index (χ4v) is 2.49. The van der Waals surface area contributed by atoms with E-state index in [1.165, 1.54) is 0 Å². The molecule has 0 aliphatic rings. The van der Waals surface area contributed by atoms with Crippen LogP contribution in [-0.4, -0.2) is 17.1 Å². The first-order valence-corrected chi connectivity index (χ1v) is 7.31. The number of rotatable bonds is 4. The zero-order chi connectivity index (χ0) is 15.4. The van der Waals surface area contributed by atoms with Crippen molar-refractivity contribution in [3.05, 3.63) is 78.5 Å². The summed E-state index contributed by atoms with van der Waals surface area (Å²) in [5.74, 6) is -0.312. The number of para-hydroxylation sites is 1. The van der Waals surface area contributed by atoms with Crippen molar-refractivity contribution in [2.75, 3.05) is 6.61 Å². The van der Waals surface area contributed by atoms with Gasteiger partial charge in [0.2, 0.25) is 0 Å². The maximum absolute atomic E-state index is 12.2. The molecule has 0 spiro atoms. The Labute approximate surface area is 129 Å². The van der Waals surface area contributed by atoms with E-state index >= 15 is 0 Å². The van der Waals surface area contributed by atoms with Gasteiger partial charge in [-0.25, -0.2) is 4.79 Å². The lowest BCUT2D eigenvalue weighted by atomic mass is 10.1. The Morgan fingerprint density at radius 3 is 2.18 bits per heavy atom. The van der Waals surface area contributed by atoms with Crippen LogP contribution in [0.1, 0.15) is 17.4 Å². The molecule has 2 aromatic carbocycles. The van der Waals surface area contributed by atoms with E-state index in [9.17, 15) is 4.79 Å². The zero-order valence-corrected chi connectivity index (χ0v) is 12.4. The molecule has 0 saturated heterocycles. The van der Waals surface area contributed by atoms with Crippen molar-refractivity contribution in [1.29, 1.82) is 0 Å². The molecule has 3 rings (SSSR count). The Balaban J connectivity index is 2.18. The van der Waals surface area contributed by atoms with Gasteiger partial charge in [0.25, 0.3) is 0 Å². The maximum Gasteiger partial charge on any atom is 0.355 e. The summed E-state index contributed by atoms with van der Waals surface area (Å²) in [6, 6.07) is 23.6. The average molecular weight is 291 g/mol. The molecule has 0 fully saturated rings. The lowest BCUT2D eigenvalue weighted by Crippen LogP contribution is -2.11. The van der Waals surface area contributed by atoms with Crippen LogP contribution in [0.15, 0.2) is 72.8 Å². The number of aromatic nitrogens is 1. The molecular weight excluding hydrogens is 274 g/mol. The molecule has 0 atom stereocenters. The molecule has 0 N–H and O–H groups in total. The third-order valence-electron chi connectivity index (χ3n) is 3.45. The number of benzene rings is 2. The van der Waals surface area contributed by atoms with E-state index in [-0.39, 0.29) is 5.97 Å². The number of hydrogen-bond donors (Lipinski definition) is 0. The Kier molecular flexibility index (Phi) is 4.05. The summed E-state index contributed by atoms with van der Waals surface area (Å²) in [5.41, 5.74) is 3.50. The molecule has 0 radical (unpaired) electrons. The third-order valence-corrected chi connectivity index (χ3v) is 3.45. The summed E-state index contributed by atoms with van der Waals surface area (Å²) < 4.78 is 7.12. The summed E-state index contributed by atoms with van der Waals surface area (Å²) in [6.45, 7) is 2.17. The van der Waals surface area contributed by atoms with Crippen molar-refractivity contribution in [3.8, 4) is 16.9 Å². The smallest absolute Gasteiger partial charge is 0.355 e. The highest BCUT2D eigenvalue weighted by Crippen LogP contribution is 2.27. The monoisotopic (exact) mass is 291 g/mol. The third kappa shape index (κ3) is 2.66. The minimum absolute atomic E-state index is 0.312. The van der Waals surface area contributed by atoms with Crippen molar-refractivity contribution < 1.29 is 9.53 Å². The zero-order valence-electron chi connectivity index (χ0n) is 12.4. The van der Waals surface area contributed by atoms with E-state index < -0.39 is 0 Å². The summed E-state index contributed by atoms with van der Waals surface area (Å²) >= 11 is 0. The van der Waals surface area contributed by atoms with Gasteiger partial charge in [-0.1, -0.05) is 48.5 Å². The summed E-state index contributed by atoms with van der Waals surface area (Å²) in [6.07, 6.45) is 0. The van der Waals surface area contributed by atoms with Crippen LogP contribution in [0.5, 0.6) is 0 Å². The first-order chi connectivity index (χ1) is 10.8. The number of hydrogen-bond acceptors (Lipinski definition) is 2. The molecule has 0 saturated carbocycles. The molecule has 1 aromatic heterocycles. The molecule has 0 amide bonds. The highest BCUT2D eigenvalue weighted by atomic mass is 16.5. The number of carbonyl (C=O) groups is 1. The quantitative estimate of drug-likeness (QED) is 0.670. The van der Waals surface area contributed by atoms with E-state index in [1.807, 2.05) is 84.3 Å². The lowest BCUT2D eigenvalue weighted by molar-refractivity contribution is 0.0517. The van der Waals surface area contributed by atoms with Crippen LogP contribution < -0.4 is 0 Å². The molecule has 0 aliphatic carbocycles. The van der Waals surface area contributed by atoms with Gasteiger partial charge in [0.15, 0.2) is 0 Å². The minimum atomic E-state index is -0.312. The number of ether oxygens (including phenoxy) is 1. The van der Waals surface area contributed by atoms with Crippen LogP contribution in [0.25, 0.3) is 16.9 Å². The molecule has 22 heavy (non-hydrogen) atoms. The van der Waals surface area contributed by atoms with Crippen LogP contribution in [0.4, 0.5) is 0 Å². The maximum atomic E-state index is 12.2. The van der Waals surface area contributed by atoms with Gasteiger partial charge in [0.05, 0.1) is 12.3 Å². The predicted molar refractivity (Wildman–Crippen MR) is 87.2 cm³/mol. The van der Waals surface area contributed by atoms with Crippen molar-refractivity contribution >= 4 is 5.97 Å². The molecule has 3 aromatic rings. The summed E-state index contributed by atoms with van der Waals surface area (Å²) in [4.78, 5) is 12.2. The normalized spacial score (nSPS) is 10.4. The first-order valence-electron chi connectivity index (χ1n) is 7.31. The van der Waals surface area contributed by atoms with Gasteiger partial charge in [0.1, 0.15) is 5.69 Å². The fraction of sp³-hybridized carbons (Fsp3) is 0.105. The van der Waals surface area contributed by atoms with Crippen molar-refractivity contribution in [3.63, 3.8) is 0 Å². The van der Waals surface area contributed by atoms with Crippen LogP contribution in [-0.2, 0) is 4.74 Å². The molecule has 3 heteroatoms. The van der Waals surface area contributed by atoms with E-state index in [0.29, 0.717) is 12.3 Å². The Bertz CT molecular complexity index is 761. The number of esters is 1. The second-order valence-corrected chi connectivity index (χ2v) is 4.86. The summed E-state index contributed by atoms with van der Waals surface area (Å²) in [5, 5.41) is 0. The molecular formula is C19H17NO2. The Morgan fingerprint density at radius 2 is 1.55 bits per heavy atom. The van der Waals surface area contributed by atoms with Crippen molar-refractivity contribution in [2.45, 2.75) is 6.92 Å². The van der Waals surface area contributed by atoms with Gasteiger partial charge in [-0.2, -0.15) is 0 Å². The second kappa shape index (κ2) is 6.31. The first kappa shape index (κ1) is 14.1. The van der Waals surface area contributed by atoms with Gasteiger partial charge in [0, 0.05) is 5.69 Å².